The van der Waals surface area contributed by atoms with Gasteiger partial charge in [-0.3, -0.25) is 0 Å². The summed E-state index contributed by atoms with van der Waals surface area (Å²) in [7, 11) is 0. The molecule has 2 aromatic heterocycles. The second-order valence-electron chi connectivity index (χ2n) is 12.9. The van der Waals surface area contributed by atoms with Crippen molar-refractivity contribution in [3.05, 3.63) is 188 Å². The van der Waals surface area contributed by atoms with Crippen LogP contribution in [0, 0.1) is 0 Å². The highest BCUT2D eigenvalue weighted by Gasteiger charge is 2.22. The summed E-state index contributed by atoms with van der Waals surface area (Å²) in [5, 5.41) is 4.44. The molecule has 0 aliphatic carbocycles. The summed E-state index contributed by atoms with van der Waals surface area (Å²) in [6.07, 6.45) is 0. The molecule has 2 heterocycles. The maximum Gasteiger partial charge on any atom is 0.145 e. The first-order valence-corrected chi connectivity index (χ1v) is 17.3. The molecule has 3 nitrogen and oxygen atoms in total. The Morgan fingerprint density at radius 1 is 0.333 bits per heavy atom. The van der Waals surface area contributed by atoms with Crippen LogP contribution in [0.15, 0.2) is 197 Å². The molecule has 0 amide bonds. The fourth-order valence-corrected chi connectivity index (χ4v) is 7.41. The van der Waals surface area contributed by atoms with Crippen molar-refractivity contribution >= 4 is 60.9 Å². The molecule has 0 N–H and O–H groups in total. The van der Waals surface area contributed by atoms with Gasteiger partial charge in [-0.1, -0.05) is 127 Å². The maximum atomic E-state index is 6.68. The van der Waals surface area contributed by atoms with Gasteiger partial charge >= 0.3 is 0 Å². The number of para-hydroxylation sites is 2. The van der Waals surface area contributed by atoms with Crippen LogP contribution in [0.4, 0.5) is 17.1 Å². The molecule has 0 aliphatic rings. The Balaban J connectivity index is 1.14. The van der Waals surface area contributed by atoms with Crippen LogP contribution in [-0.4, -0.2) is 0 Å². The van der Waals surface area contributed by atoms with Crippen molar-refractivity contribution in [2.75, 3.05) is 4.90 Å². The highest BCUT2D eigenvalue weighted by molar-refractivity contribution is 6.17. The molecular formula is C48H31NO2. The standard InChI is InChI=1S/C48H31NO2/c1-3-11-32(12-4-1)33-19-24-37(25-20-33)49(38-26-21-34(22-27-38)36-23-28-41-40-15-7-9-17-44(40)50-46(41)31-36)43-30-29-39(35-13-5-2-6-14-35)48-47(43)42-16-8-10-18-45(42)51-48/h1-31H. The van der Waals surface area contributed by atoms with E-state index in [4.69, 9.17) is 8.83 Å². The summed E-state index contributed by atoms with van der Waals surface area (Å²) in [6, 6.07) is 66.1. The second kappa shape index (κ2) is 11.9. The van der Waals surface area contributed by atoms with Crippen LogP contribution in [0.3, 0.4) is 0 Å². The van der Waals surface area contributed by atoms with Gasteiger partial charge in [0.1, 0.15) is 22.3 Å². The zero-order chi connectivity index (χ0) is 33.7. The molecule has 0 spiro atoms. The van der Waals surface area contributed by atoms with E-state index >= 15 is 0 Å². The molecule has 8 aromatic carbocycles. The summed E-state index contributed by atoms with van der Waals surface area (Å²) in [4.78, 5) is 2.35. The maximum absolute atomic E-state index is 6.68. The van der Waals surface area contributed by atoms with Gasteiger partial charge in [0, 0.05) is 33.1 Å². The van der Waals surface area contributed by atoms with Gasteiger partial charge in [-0.25, -0.2) is 0 Å². The normalized spacial score (nSPS) is 11.5. The van der Waals surface area contributed by atoms with E-state index in [9.17, 15) is 0 Å². The van der Waals surface area contributed by atoms with Gasteiger partial charge in [-0.2, -0.15) is 0 Å². The van der Waals surface area contributed by atoms with E-state index in [1.165, 1.54) is 11.1 Å². The van der Waals surface area contributed by atoms with Crippen molar-refractivity contribution in [2.45, 2.75) is 0 Å². The molecule has 0 fully saturated rings. The number of anilines is 3. The molecule has 0 aliphatic heterocycles. The number of rotatable bonds is 6. The SMILES string of the molecule is c1ccc(-c2ccc(N(c3ccc(-c4ccc5c(c4)oc4ccccc45)cc3)c3ccc(-c4ccccc4)c4oc5ccccc5c34)cc2)cc1. The van der Waals surface area contributed by atoms with Crippen LogP contribution in [0.5, 0.6) is 0 Å². The van der Waals surface area contributed by atoms with Crippen LogP contribution < -0.4 is 4.90 Å². The van der Waals surface area contributed by atoms with Crippen molar-refractivity contribution in [2.24, 2.45) is 0 Å². The molecule has 51 heavy (non-hydrogen) atoms. The Labute approximate surface area is 295 Å². The number of fused-ring (bicyclic) bond motifs is 6. The van der Waals surface area contributed by atoms with Gasteiger partial charge < -0.3 is 13.7 Å². The van der Waals surface area contributed by atoms with Crippen molar-refractivity contribution in [3.63, 3.8) is 0 Å². The van der Waals surface area contributed by atoms with Crippen LogP contribution in [0.2, 0.25) is 0 Å². The summed E-state index contributed by atoms with van der Waals surface area (Å²) in [5.41, 5.74) is 13.5. The van der Waals surface area contributed by atoms with Crippen LogP contribution in [0.25, 0.3) is 77.3 Å². The Hall–Kier alpha value is -6.84. The van der Waals surface area contributed by atoms with E-state index in [1.807, 2.05) is 24.3 Å². The Bertz CT molecular complexity index is 2830. The van der Waals surface area contributed by atoms with Crippen LogP contribution in [-0.2, 0) is 0 Å². The predicted molar refractivity (Wildman–Crippen MR) is 212 cm³/mol. The average molecular weight is 654 g/mol. The van der Waals surface area contributed by atoms with Crippen LogP contribution in [0.1, 0.15) is 0 Å². The van der Waals surface area contributed by atoms with Crippen molar-refractivity contribution in [1.82, 2.24) is 0 Å². The lowest BCUT2D eigenvalue weighted by molar-refractivity contribution is 0.669. The Morgan fingerprint density at radius 2 is 0.843 bits per heavy atom. The van der Waals surface area contributed by atoms with E-state index < -0.39 is 0 Å². The number of benzene rings is 8. The molecule has 0 saturated heterocycles. The molecule has 3 heteroatoms. The molecule has 0 bridgehead atoms. The first-order chi connectivity index (χ1) is 25.3. The molecule has 10 rings (SSSR count). The smallest absolute Gasteiger partial charge is 0.145 e. The van der Waals surface area contributed by atoms with Crippen molar-refractivity contribution in [1.29, 1.82) is 0 Å². The van der Waals surface area contributed by atoms with Gasteiger partial charge in [0.05, 0.1) is 11.1 Å². The predicted octanol–water partition coefficient (Wildman–Crippen LogP) is 14.0. The molecule has 0 unspecified atom stereocenters. The topological polar surface area (TPSA) is 29.5 Å². The quantitative estimate of drug-likeness (QED) is 0.179. The minimum Gasteiger partial charge on any atom is -0.456 e. The molecule has 0 saturated carbocycles. The highest BCUT2D eigenvalue weighted by atomic mass is 16.3. The Kier molecular flexibility index (Phi) is 6.81. The monoisotopic (exact) mass is 653 g/mol. The summed E-state index contributed by atoms with van der Waals surface area (Å²) < 4.78 is 12.9. The molecule has 0 atom stereocenters. The number of nitrogens with zero attached hydrogens (tertiary/aromatic N) is 1. The number of hydrogen-bond acceptors (Lipinski definition) is 3. The van der Waals surface area contributed by atoms with Gasteiger partial charge in [0.15, 0.2) is 0 Å². The highest BCUT2D eigenvalue weighted by Crippen LogP contribution is 2.46. The fourth-order valence-electron chi connectivity index (χ4n) is 7.41. The first kappa shape index (κ1) is 29.1. The minimum atomic E-state index is 0.868. The third-order valence-corrected chi connectivity index (χ3v) is 9.90. The fraction of sp³-hybridized carbons (Fsp3) is 0. The van der Waals surface area contributed by atoms with E-state index in [0.717, 1.165) is 83.2 Å². The lowest BCUT2D eigenvalue weighted by atomic mass is 9.99. The summed E-state index contributed by atoms with van der Waals surface area (Å²) in [5.74, 6) is 0. The summed E-state index contributed by atoms with van der Waals surface area (Å²) in [6.45, 7) is 0. The third kappa shape index (κ3) is 4.98. The number of furan rings is 2. The lowest BCUT2D eigenvalue weighted by Crippen LogP contribution is -2.10. The molecule has 0 radical (unpaired) electrons. The molecule has 10 aromatic rings. The van der Waals surface area contributed by atoms with E-state index in [2.05, 4.69) is 169 Å². The lowest BCUT2D eigenvalue weighted by Gasteiger charge is -2.27. The van der Waals surface area contributed by atoms with Gasteiger partial charge in [-0.05, 0) is 88.5 Å². The van der Waals surface area contributed by atoms with Gasteiger partial charge in [-0.15, -0.1) is 0 Å². The third-order valence-electron chi connectivity index (χ3n) is 9.90. The van der Waals surface area contributed by atoms with Crippen LogP contribution >= 0.6 is 0 Å². The summed E-state index contributed by atoms with van der Waals surface area (Å²) >= 11 is 0. The van der Waals surface area contributed by atoms with E-state index in [1.54, 1.807) is 0 Å². The van der Waals surface area contributed by atoms with Gasteiger partial charge in [0.2, 0.25) is 0 Å². The number of hydrogen-bond donors (Lipinski definition) is 0. The van der Waals surface area contributed by atoms with E-state index in [-0.39, 0.29) is 0 Å². The molecular weight excluding hydrogens is 623 g/mol. The van der Waals surface area contributed by atoms with Crippen molar-refractivity contribution in [3.8, 4) is 33.4 Å². The van der Waals surface area contributed by atoms with Crippen molar-refractivity contribution < 1.29 is 8.83 Å². The zero-order valence-corrected chi connectivity index (χ0v) is 27.7. The zero-order valence-electron chi connectivity index (χ0n) is 27.7. The van der Waals surface area contributed by atoms with Gasteiger partial charge in [0.25, 0.3) is 0 Å². The van der Waals surface area contributed by atoms with E-state index in [0.29, 0.717) is 0 Å². The minimum absolute atomic E-state index is 0.868. The Morgan fingerprint density at radius 3 is 1.53 bits per heavy atom. The molecule has 240 valence electrons. The average Bonchev–Trinajstić information content (AvgIpc) is 3.78. The largest absolute Gasteiger partial charge is 0.456 e. The second-order valence-corrected chi connectivity index (χ2v) is 12.9. The first-order valence-electron chi connectivity index (χ1n) is 17.3.